The van der Waals surface area contributed by atoms with Gasteiger partial charge in [0, 0.05) is 18.6 Å². The van der Waals surface area contributed by atoms with Gasteiger partial charge in [-0.25, -0.2) is 4.79 Å². The molecule has 16 heteroatoms. The van der Waals surface area contributed by atoms with Crippen LogP contribution in [0.1, 0.15) is 5.56 Å². The molecule has 3 aromatic rings. The standard InChI is InChI=1S/C21H15N5O11/c27-14-4-1-11(16(10-14)15-5-2-12(23(30)31)8-19(15)25(34)35)7-18(21(28)29)22-17-6-3-13(24(32)33)9-20(17)26(36)37/h1-6,8-10,18,22,27H,7H2,(H,28,29). The van der Waals surface area contributed by atoms with Crippen LogP contribution in [0.25, 0.3) is 11.1 Å². The number of carboxylic acid groups (broad SMARTS) is 1. The van der Waals surface area contributed by atoms with Gasteiger partial charge in [0.15, 0.2) is 0 Å². The Bertz CT molecular complexity index is 1460. The third kappa shape index (κ3) is 5.70. The third-order valence-corrected chi connectivity index (χ3v) is 5.21. The smallest absolute Gasteiger partial charge is 0.326 e. The number of rotatable bonds is 10. The highest BCUT2D eigenvalue weighted by Gasteiger charge is 2.28. The van der Waals surface area contributed by atoms with Crippen LogP contribution < -0.4 is 5.32 Å². The highest BCUT2D eigenvalue weighted by molar-refractivity contribution is 5.82. The lowest BCUT2D eigenvalue weighted by Gasteiger charge is -2.18. The highest BCUT2D eigenvalue weighted by atomic mass is 16.6. The first kappa shape index (κ1) is 25.9. The van der Waals surface area contributed by atoms with Gasteiger partial charge in [-0.2, -0.15) is 0 Å². The van der Waals surface area contributed by atoms with Crippen LogP contribution in [0.2, 0.25) is 0 Å². The minimum atomic E-state index is -1.57. The predicted molar refractivity (Wildman–Crippen MR) is 125 cm³/mol. The van der Waals surface area contributed by atoms with Crippen LogP contribution in [0, 0.1) is 40.5 Å². The topological polar surface area (TPSA) is 242 Å². The Kier molecular flexibility index (Phi) is 7.22. The molecule has 1 unspecified atom stereocenters. The van der Waals surface area contributed by atoms with Crippen molar-refractivity contribution in [3.8, 4) is 16.9 Å². The van der Waals surface area contributed by atoms with Gasteiger partial charge < -0.3 is 15.5 Å². The number of carbonyl (C=O) groups is 1. The second kappa shape index (κ2) is 10.3. The van der Waals surface area contributed by atoms with Crippen molar-refractivity contribution < 1.29 is 34.7 Å². The molecule has 3 N–H and O–H groups in total. The van der Waals surface area contributed by atoms with E-state index < -0.39 is 60.9 Å². The van der Waals surface area contributed by atoms with Crippen LogP contribution in [-0.4, -0.2) is 41.9 Å². The predicted octanol–water partition coefficient (Wildman–Crippen LogP) is 3.80. The molecular weight excluding hydrogens is 498 g/mol. The number of nitrogens with zero attached hydrogens (tertiary/aromatic N) is 4. The normalized spacial score (nSPS) is 11.4. The summed E-state index contributed by atoms with van der Waals surface area (Å²) in [5, 5.41) is 67.2. The van der Waals surface area contributed by atoms with E-state index in [9.17, 15) is 55.5 Å². The first-order valence-electron chi connectivity index (χ1n) is 10.1. The molecule has 1 atom stereocenters. The molecule has 0 aliphatic heterocycles. The van der Waals surface area contributed by atoms with E-state index in [0.717, 1.165) is 36.4 Å². The number of hydrogen-bond acceptors (Lipinski definition) is 11. The van der Waals surface area contributed by atoms with E-state index in [1.807, 2.05) is 0 Å². The van der Waals surface area contributed by atoms with E-state index in [4.69, 9.17) is 0 Å². The molecule has 0 radical (unpaired) electrons. The summed E-state index contributed by atoms with van der Waals surface area (Å²) in [4.78, 5) is 53.6. The Morgan fingerprint density at radius 2 is 1.32 bits per heavy atom. The summed E-state index contributed by atoms with van der Waals surface area (Å²) in [6, 6.07) is 7.38. The molecule has 0 aliphatic carbocycles. The van der Waals surface area contributed by atoms with Gasteiger partial charge in [0.05, 0.1) is 37.4 Å². The van der Waals surface area contributed by atoms with Gasteiger partial charge in [-0.1, -0.05) is 6.07 Å². The number of nitrogens with one attached hydrogen (secondary N) is 1. The number of carboxylic acids is 1. The van der Waals surface area contributed by atoms with E-state index in [-0.39, 0.29) is 28.1 Å². The van der Waals surface area contributed by atoms with Gasteiger partial charge >= 0.3 is 5.97 Å². The average Bonchev–Trinajstić information content (AvgIpc) is 2.83. The van der Waals surface area contributed by atoms with E-state index >= 15 is 0 Å². The Hall–Kier alpha value is -5.67. The van der Waals surface area contributed by atoms with E-state index in [1.165, 1.54) is 12.1 Å². The van der Waals surface area contributed by atoms with Crippen molar-refractivity contribution in [1.82, 2.24) is 0 Å². The maximum Gasteiger partial charge on any atom is 0.326 e. The molecule has 3 rings (SSSR count). The summed E-state index contributed by atoms with van der Waals surface area (Å²) < 4.78 is 0. The van der Waals surface area contributed by atoms with E-state index in [1.54, 1.807) is 0 Å². The van der Waals surface area contributed by atoms with Crippen LogP contribution in [0.15, 0.2) is 54.6 Å². The van der Waals surface area contributed by atoms with Crippen LogP contribution >= 0.6 is 0 Å². The molecule has 0 saturated carbocycles. The van der Waals surface area contributed by atoms with E-state index in [0.29, 0.717) is 6.07 Å². The molecule has 16 nitrogen and oxygen atoms in total. The largest absolute Gasteiger partial charge is 0.508 e. The summed E-state index contributed by atoms with van der Waals surface area (Å²) >= 11 is 0. The molecule has 0 bridgehead atoms. The fourth-order valence-electron chi connectivity index (χ4n) is 3.52. The zero-order chi connectivity index (χ0) is 27.4. The lowest BCUT2D eigenvalue weighted by molar-refractivity contribution is -0.393. The molecule has 0 fully saturated rings. The van der Waals surface area contributed by atoms with Gasteiger partial charge in [-0.15, -0.1) is 0 Å². The van der Waals surface area contributed by atoms with Crippen molar-refractivity contribution in [1.29, 1.82) is 0 Å². The number of aliphatic carboxylic acids is 1. The Morgan fingerprint density at radius 1 is 0.757 bits per heavy atom. The summed E-state index contributed by atoms with van der Waals surface area (Å²) in [5.74, 6) is -1.82. The molecule has 0 amide bonds. The van der Waals surface area contributed by atoms with Gasteiger partial charge in [0.1, 0.15) is 17.5 Å². The zero-order valence-corrected chi connectivity index (χ0v) is 18.3. The Labute approximate surface area is 205 Å². The quantitative estimate of drug-likeness (QED) is 0.259. The van der Waals surface area contributed by atoms with Crippen LogP contribution in [0.4, 0.5) is 28.4 Å². The third-order valence-electron chi connectivity index (χ3n) is 5.21. The lowest BCUT2D eigenvalue weighted by atomic mass is 9.93. The van der Waals surface area contributed by atoms with Crippen LogP contribution in [0.5, 0.6) is 5.75 Å². The van der Waals surface area contributed by atoms with Gasteiger partial charge in [0.25, 0.3) is 22.7 Å². The van der Waals surface area contributed by atoms with Gasteiger partial charge in [0.2, 0.25) is 0 Å². The molecule has 37 heavy (non-hydrogen) atoms. The maximum absolute atomic E-state index is 12.0. The minimum Gasteiger partial charge on any atom is -0.508 e. The molecule has 3 aromatic carbocycles. The Balaban J connectivity index is 2.08. The molecule has 0 spiro atoms. The fraction of sp³-hybridized carbons (Fsp3) is 0.0952. The molecule has 0 heterocycles. The van der Waals surface area contributed by atoms with E-state index in [2.05, 4.69) is 5.32 Å². The Morgan fingerprint density at radius 3 is 1.86 bits per heavy atom. The number of hydrogen-bond donors (Lipinski definition) is 3. The maximum atomic E-state index is 12.0. The van der Waals surface area contributed by atoms with Crippen molar-refractivity contribution >= 4 is 34.4 Å². The molecule has 0 saturated heterocycles. The first-order valence-corrected chi connectivity index (χ1v) is 10.1. The number of phenolic OH excluding ortho intramolecular Hbond substituents is 1. The average molecular weight is 513 g/mol. The van der Waals surface area contributed by atoms with Crippen LogP contribution in [-0.2, 0) is 11.2 Å². The summed E-state index contributed by atoms with van der Waals surface area (Å²) in [5.41, 5.74) is -2.92. The summed E-state index contributed by atoms with van der Waals surface area (Å²) in [7, 11) is 0. The van der Waals surface area contributed by atoms with Crippen molar-refractivity contribution in [3.63, 3.8) is 0 Å². The number of nitro groups is 4. The molecule has 0 aromatic heterocycles. The number of non-ortho nitro benzene ring substituents is 2. The van der Waals surface area contributed by atoms with Crippen LogP contribution in [0.3, 0.4) is 0 Å². The number of phenols is 1. The summed E-state index contributed by atoms with van der Waals surface area (Å²) in [6.45, 7) is 0. The fourth-order valence-corrected chi connectivity index (χ4v) is 3.52. The lowest BCUT2D eigenvalue weighted by Crippen LogP contribution is -2.32. The zero-order valence-electron chi connectivity index (χ0n) is 18.3. The van der Waals surface area contributed by atoms with Gasteiger partial charge in [-0.3, -0.25) is 40.5 Å². The number of nitro benzene ring substituents is 4. The van der Waals surface area contributed by atoms with Crippen molar-refractivity contribution in [3.05, 3.63) is 101 Å². The number of anilines is 1. The van der Waals surface area contributed by atoms with Crippen molar-refractivity contribution in [2.75, 3.05) is 5.32 Å². The second-order valence-electron chi connectivity index (χ2n) is 7.51. The summed E-state index contributed by atoms with van der Waals surface area (Å²) in [6.07, 6.45) is -0.423. The molecule has 190 valence electrons. The van der Waals surface area contributed by atoms with Crippen molar-refractivity contribution in [2.24, 2.45) is 0 Å². The second-order valence-corrected chi connectivity index (χ2v) is 7.51. The number of aromatic hydroxyl groups is 1. The molecular formula is C21H15N5O11. The minimum absolute atomic E-state index is 0.00662. The SMILES string of the molecule is O=C(O)C(Cc1ccc(O)cc1-c1ccc([N+](=O)[O-])cc1[N+](=O)[O-])Nc1ccc([N+](=O)[O-])cc1[N+](=O)[O-]. The first-order chi connectivity index (χ1) is 17.4. The highest BCUT2D eigenvalue weighted by Crippen LogP contribution is 2.37. The van der Waals surface area contributed by atoms with Gasteiger partial charge in [-0.05, 0) is 35.4 Å². The van der Waals surface area contributed by atoms with Crippen molar-refractivity contribution in [2.45, 2.75) is 12.5 Å². The molecule has 0 aliphatic rings. The monoisotopic (exact) mass is 513 g/mol. The number of benzene rings is 3.